The van der Waals surface area contributed by atoms with Crippen LogP contribution in [0, 0.1) is 5.82 Å². The maximum absolute atomic E-state index is 14.0. The van der Waals surface area contributed by atoms with E-state index in [9.17, 15) is 18.8 Å². The monoisotopic (exact) mass is 410 g/mol. The van der Waals surface area contributed by atoms with Gasteiger partial charge in [-0.3, -0.25) is 14.5 Å². The lowest BCUT2D eigenvalue weighted by Gasteiger charge is -2.36. The van der Waals surface area contributed by atoms with Crippen molar-refractivity contribution in [2.75, 3.05) is 36.4 Å². The average Bonchev–Trinajstić information content (AvgIpc) is 2.98. The average molecular weight is 410 g/mol. The molecule has 0 aromatic heterocycles. The Bertz CT molecular complexity index is 1020. The van der Waals surface area contributed by atoms with E-state index < -0.39 is 0 Å². The summed E-state index contributed by atoms with van der Waals surface area (Å²) in [5.74, 6) is -0.935. The molecule has 4 rings (SSSR count). The lowest BCUT2D eigenvalue weighted by Crippen LogP contribution is -2.50. The van der Waals surface area contributed by atoms with Gasteiger partial charge in [0, 0.05) is 37.9 Å². The van der Waals surface area contributed by atoms with Gasteiger partial charge in [-0.2, -0.15) is 0 Å². The first kappa shape index (κ1) is 19.9. The van der Waals surface area contributed by atoms with Crippen LogP contribution in [0.25, 0.3) is 0 Å². The van der Waals surface area contributed by atoms with E-state index in [1.165, 1.54) is 11.0 Å². The zero-order valence-electron chi connectivity index (χ0n) is 16.9. The molecule has 2 aliphatic rings. The summed E-state index contributed by atoms with van der Waals surface area (Å²) in [6, 6.07) is 10.8. The number of imide groups is 1. The van der Waals surface area contributed by atoms with Crippen molar-refractivity contribution in [3.63, 3.8) is 0 Å². The van der Waals surface area contributed by atoms with Crippen molar-refractivity contribution < 1.29 is 18.8 Å². The quantitative estimate of drug-likeness (QED) is 0.789. The molecule has 2 aliphatic heterocycles. The molecule has 0 radical (unpaired) electrons. The van der Waals surface area contributed by atoms with E-state index in [4.69, 9.17) is 0 Å². The molecule has 30 heavy (non-hydrogen) atoms. The number of carbonyl (C=O) groups excluding carboxylic acids is 3. The fraction of sp³-hybridized carbons (Fsp3) is 0.318. The number of fused-ring (bicyclic) bond motifs is 1. The minimum absolute atomic E-state index is 0.235. The van der Waals surface area contributed by atoms with Gasteiger partial charge < -0.3 is 15.1 Å². The number of hydrogen-bond acceptors (Lipinski definition) is 4. The number of amides is 4. The molecule has 4 amide bonds. The van der Waals surface area contributed by atoms with Crippen LogP contribution in [0.4, 0.5) is 20.6 Å². The predicted molar refractivity (Wildman–Crippen MR) is 111 cm³/mol. The normalized spacial score (nSPS) is 16.3. The Kier molecular flexibility index (Phi) is 5.15. The molecule has 1 N–H and O–H groups in total. The largest absolute Gasteiger partial charge is 0.366 e. The highest BCUT2D eigenvalue weighted by molar-refractivity contribution is 6.22. The molecule has 0 spiro atoms. The van der Waals surface area contributed by atoms with Gasteiger partial charge in [0.2, 0.25) is 0 Å². The molecule has 0 saturated carbocycles. The number of urea groups is 1. The summed E-state index contributed by atoms with van der Waals surface area (Å²) in [7, 11) is 0. The van der Waals surface area contributed by atoms with Gasteiger partial charge in [0.05, 0.1) is 16.8 Å². The Balaban J connectivity index is 1.41. The summed E-state index contributed by atoms with van der Waals surface area (Å²) in [5.41, 5.74) is 1.65. The maximum Gasteiger partial charge on any atom is 0.321 e. The summed E-state index contributed by atoms with van der Waals surface area (Å²) in [5, 5.41) is 2.80. The summed E-state index contributed by atoms with van der Waals surface area (Å²) < 4.78 is 14.0. The number of carbonyl (C=O) groups is 3. The number of piperazine rings is 1. The summed E-state index contributed by atoms with van der Waals surface area (Å²) in [4.78, 5) is 42.4. The highest BCUT2D eigenvalue weighted by Crippen LogP contribution is 2.27. The first-order chi connectivity index (χ1) is 14.4. The highest BCUT2D eigenvalue weighted by Gasteiger charge is 2.37. The van der Waals surface area contributed by atoms with E-state index >= 15 is 0 Å². The molecular weight excluding hydrogens is 387 g/mol. The topological polar surface area (TPSA) is 73.0 Å². The van der Waals surface area contributed by atoms with Crippen molar-refractivity contribution in [3.8, 4) is 0 Å². The van der Waals surface area contributed by atoms with Crippen LogP contribution in [-0.2, 0) is 0 Å². The third-order valence-corrected chi connectivity index (χ3v) is 5.45. The fourth-order valence-electron chi connectivity index (χ4n) is 3.87. The first-order valence-electron chi connectivity index (χ1n) is 9.94. The maximum atomic E-state index is 14.0. The van der Waals surface area contributed by atoms with Gasteiger partial charge in [-0.05, 0) is 44.2 Å². The number of nitrogens with one attached hydrogen (secondary N) is 1. The minimum Gasteiger partial charge on any atom is -0.366 e. The van der Waals surface area contributed by atoms with Gasteiger partial charge in [0.1, 0.15) is 5.82 Å². The number of para-hydroxylation sites is 1. The molecule has 2 heterocycles. The van der Waals surface area contributed by atoms with Crippen molar-refractivity contribution in [1.29, 1.82) is 0 Å². The smallest absolute Gasteiger partial charge is 0.321 e. The van der Waals surface area contributed by atoms with E-state index in [2.05, 4.69) is 5.32 Å². The Morgan fingerprint density at radius 1 is 0.967 bits per heavy atom. The molecule has 0 aliphatic carbocycles. The number of halogens is 1. The molecule has 0 bridgehead atoms. The molecule has 7 nitrogen and oxygen atoms in total. The molecule has 156 valence electrons. The Morgan fingerprint density at radius 2 is 1.63 bits per heavy atom. The molecule has 1 saturated heterocycles. The number of anilines is 2. The second-order valence-electron chi connectivity index (χ2n) is 7.69. The second-order valence-corrected chi connectivity index (χ2v) is 7.69. The third-order valence-electron chi connectivity index (χ3n) is 5.45. The summed E-state index contributed by atoms with van der Waals surface area (Å²) >= 11 is 0. The van der Waals surface area contributed by atoms with E-state index in [1.54, 1.807) is 55.1 Å². The predicted octanol–water partition coefficient (Wildman–Crippen LogP) is 3.18. The summed E-state index contributed by atoms with van der Waals surface area (Å²) in [6.07, 6.45) is 0. The minimum atomic E-state index is -0.348. The Labute approximate surface area is 174 Å². The lowest BCUT2D eigenvalue weighted by molar-refractivity contribution is 0.0609. The van der Waals surface area contributed by atoms with Gasteiger partial charge in [0.25, 0.3) is 11.8 Å². The van der Waals surface area contributed by atoms with Crippen molar-refractivity contribution in [2.24, 2.45) is 0 Å². The first-order valence-corrected chi connectivity index (χ1v) is 9.94. The van der Waals surface area contributed by atoms with Gasteiger partial charge in [-0.1, -0.05) is 12.1 Å². The molecule has 0 unspecified atom stereocenters. The van der Waals surface area contributed by atoms with Crippen LogP contribution in [0.1, 0.15) is 34.6 Å². The van der Waals surface area contributed by atoms with Crippen LogP contribution < -0.4 is 10.2 Å². The molecule has 0 atom stereocenters. The third kappa shape index (κ3) is 3.49. The van der Waals surface area contributed by atoms with Gasteiger partial charge >= 0.3 is 6.03 Å². The van der Waals surface area contributed by atoms with Crippen LogP contribution in [0.2, 0.25) is 0 Å². The zero-order valence-corrected chi connectivity index (χ0v) is 16.9. The van der Waals surface area contributed by atoms with Crippen LogP contribution in [-0.4, -0.2) is 59.9 Å². The molecular formula is C22H23FN4O3. The molecule has 1 fully saturated rings. The molecule has 8 heteroatoms. The lowest BCUT2D eigenvalue weighted by atomic mass is 10.1. The number of benzene rings is 2. The van der Waals surface area contributed by atoms with Crippen LogP contribution in [0.15, 0.2) is 42.5 Å². The van der Waals surface area contributed by atoms with Crippen molar-refractivity contribution in [3.05, 3.63) is 59.4 Å². The molecule has 2 aromatic carbocycles. The highest BCUT2D eigenvalue weighted by atomic mass is 19.1. The number of nitrogens with zero attached hydrogens (tertiary/aromatic N) is 3. The number of hydrogen-bond donors (Lipinski definition) is 1. The summed E-state index contributed by atoms with van der Waals surface area (Å²) in [6.45, 7) is 5.51. The van der Waals surface area contributed by atoms with Gasteiger partial charge in [-0.15, -0.1) is 0 Å². The van der Waals surface area contributed by atoms with Crippen molar-refractivity contribution in [1.82, 2.24) is 9.80 Å². The molecule has 2 aromatic rings. The van der Waals surface area contributed by atoms with Crippen LogP contribution >= 0.6 is 0 Å². The standard InChI is InChI=1S/C22H23FN4O3/c1-14(2)27-20(28)16-8-7-15(13-17(16)21(27)29)24-22(30)26-11-9-25(10-12-26)19-6-4-3-5-18(19)23/h3-8,13-14H,9-12H2,1-2H3,(H,24,30). The van der Waals surface area contributed by atoms with Crippen LogP contribution in [0.5, 0.6) is 0 Å². The zero-order chi connectivity index (χ0) is 21.4. The van der Waals surface area contributed by atoms with Crippen LogP contribution in [0.3, 0.4) is 0 Å². The van der Waals surface area contributed by atoms with E-state index in [0.29, 0.717) is 48.7 Å². The number of rotatable bonds is 3. The Morgan fingerprint density at radius 3 is 2.30 bits per heavy atom. The van der Waals surface area contributed by atoms with E-state index in [1.807, 2.05) is 4.90 Å². The van der Waals surface area contributed by atoms with E-state index in [0.717, 1.165) is 0 Å². The van der Waals surface area contributed by atoms with Gasteiger partial charge in [-0.25, -0.2) is 9.18 Å². The Hall–Kier alpha value is -3.42. The van der Waals surface area contributed by atoms with Gasteiger partial charge in [0.15, 0.2) is 0 Å². The van der Waals surface area contributed by atoms with Crippen molar-refractivity contribution in [2.45, 2.75) is 19.9 Å². The SMILES string of the molecule is CC(C)N1C(=O)c2ccc(NC(=O)N3CCN(c4ccccc4F)CC3)cc2C1=O. The van der Waals surface area contributed by atoms with E-state index in [-0.39, 0.29) is 29.7 Å². The van der Waals surface area contributed by atoms with Crippen molar-refractivity contribution >= 4 is 29.2 Å². The fourth-order valence-corrected chi connectivity index (χ4v) is 3.87. The second kappa shape index (κ2) is 7.78.